The number of nitrogens with zero attached hydrogens (tertiary/aromatic N) is 2. The average Bonchev–Trinajstić information content (AvgIpc) is 3.09. The highest BCUT2D eigenvalue weighted by atomic mass is 32.2. The van der Waals surface area contributed by atoms with Crippen LogP contribution in [0.2, 0.25) is 0 Å². The zero-order chi connectivity index (χ0) is 18.4. The summed E-state index contributed by atoms with van der Waals surface area (Å²) in [7, 11) is -3.51. The van der Waals surface area contributed by atoms with Crippen LogP contribution in [0.5, 0.6) is 0 Å². The molecule has 1 aromatic carbocycles. The van der Waals surface area contributed by atoms with E-state index in [0.717, 1.165) is 25.7 Å². The normalized spacial score (nSPS) is 18.1. The molecule has 1 aliphatic rings. The molecule has 1 aromatic rings. The number of sulfonamides is 1. The van der Waals surface area contributed by atoms with Crippen LogP contribution < -0.4 is 5.73 Å². The van der Waals surface area contributed by atoms with Gasteiger partial charge in [0.05, 0.1) is 4.90 Å². The van der Waals surface area contributed by atoms with Crippen LogP contribution in [0.1, 0.15) is 49.9 Å². The van der Waals surface area contributed by atoms with Crippen molar-refractivity contribution in [2.75, 3.05) is 26.2 Å². The molecular weight excluding hydrogens is 338 g/mol. The maximum Gasteiger partial charge on any atom is 0.254 e. The van der Waals surface area contributed by atoms with E-state index < -0.39 is 10.0 Å². The van der Waals surface area contributed by atoms with Crippen molar-refractivity contribution in [1.82, 2.24) is 9.21 Å². The molecule has 1 saturated heterocycles. The maximum absolute atomic E-state index is 12.8. The van der Waals surface area contributed by atoms with E-state index in [4.69, 9.17) is 5.73 Å². The highest BCUT2D eigenvalue weighted by Crippen LogP contribution is 2.21. The molecule has 0 radical (unpaired) electrons. The highest BCUT2D eigenvalue weighted by molar-refractivity contribution is 7.89. The van der Waals surface area contributed by atoms with Crippen LogP contribution in [0.4, 0.5) is 0 Å². The summed E-state index contributed by atoms with van der Waals surface area (Å²) >= 11 is 0. The Morgan fingerprint density at radius 1 is 1.20 bits per heavy atom. The first kappa shape index (κ1) is 19.9. The van der Waals surface area contributed by atoms with Crippen molar-refractivity contribution in [1.29, 1.82) is 0 Å². The largest absolute Gasteiger partial charge is 0.334 e. The lowest BCUT2D eigenvalue weighted by Gasteiger charge is -2.24. The molecule has 1 amide bonds. The van der Waals surface area contributed by atoms with Gasteiger partial charge in [0, 0.05) is 37.8 Å². The van der Waals surface area contributed by atoms with Gasteiger partial charge in [0.25, 0.3) is 5.91 Å². The van der Waals surface area contributed by atoms with Gasteiger partial charge in [-0.1, -0.05) is 13.8 Å². The molecule has 0 saturated carbocycles. The Kier molecular flexibility index (Phi) is 6.98. The Hall–Kier alpha value is -1.44. The van der Waals surface area contributed by atoms with Crippen LogP contribution in [0.3, 0.4) is 0 Å². The van der Waals surface area contributed by atoms with E-state index in [2.05, 4.69) is 0 Å². The van der Waals surface area contributed by atoms with Crippen LogP contribution in [0.25, 0.3) is 0 Å². The summed E-state index contributed by atoms with van der Waals surface area (Å²) < 4.78 is 27.0. The van der Waals surface area contributed by atoms with E-state index in [1.165, 1.54) is 16.4 Å². The molecule has 1 heterocycles. The molecule has 1 aliphatic heterocycles. The van der Waals surface area contributed by atoms with Crippen LogP contribution in [0, 0.1) is 0 Å². The number of hydrogen-bond acceptors (Lipinski definition) is 4. The topological polar surface area (TPSA) is 83.7 Å². The van der Waals surface area contributed by atoms with Gasteiger partial charge in [-0.2, -0.15) is 4.31 Å². The SMILES string of the molecule is CCCN(CCC)S(=O)(=O)c1ccc(C(=O)N2CCCC2CN)cc1. The van der Waals surface area contributed by atoms with Crippen LogP contribution in [0.15, 0.2) is 29.2 Å². The summed E-state index contributed by atoms with van der Waals surface area (Å²) in [4.78, 5) is 14.7. The quantitative estimate of drug-likeness (QED) is 0.762. The molecule has 7 heteroatoms. The first-order valence-electron chi connectivity index (χ1n) is 9.06. The fourth-order valence-electron chi connectivity index (χ4n) is 3.28. The summed E-state index contributed by atoms with van der Waals surface area (Å²) in [5, 5.41) is 0. The molecule has 140 valence electrons. The molecule has 2 rings (SSSR count). The summed E-state index contributed by atoms with van der Waals surface area (Å²) in [6.45, 7) is 6.10. The Morgan fingerprint density at radius 3 is 2.32 bits per heavy atom. The summed E-state index contributed by atoms with van der Waals surface area (Å²) in [5.41, 5.74) is 6.24. The minimum Gasteiger partial charge on any atom is -0.334 e. The van der Waals surface area contributed by atoms with Gasteiger partial charge in [0.2, 0.25) is 10.0 Å². The van der Waals surface area contributed by atoms with Gasteiger partial charge in [0.15, 0.2) is 0 Å². The lowest BCUT2D eigenvalue weighted by molar-refractivity contribution is 0.0741. The number of nitrogens with two attached hydrogens (primary N) is 1. The second-order valence-electron chi connectivity index (χ2n) is 6.46. The molecule has 2 N–H and O–H groups in total. The number of carbonyl (C=O) groups excluding carboxylic acids is 1. The fraction of sp³-hybridized carbons (Fsp3) is 0.611. The lowest BCUT2D eigenvalue weighted by atomic mass is 10.1. The van der Waals surface area contributed by atoms with Gasteiger partial charge < -0.3 is 10.6 Å². The Labute approximate surface area is 151 Å². The summed E-state index contributed by atoms with van der Waals surface area (Å²) in [6.07, 6.45) is 3.43. The van der Waals surface area contributed by atoms with Gasteiger partial charge in [-0.3, -0.25) is 4.79 Å². The van der Waals surface area contributed by atoms with E-state index in [1.807, 2.05) is 13.8 Å². The highest BCUT2D eigenvalue weighted by Gasteiger charge is 2.29. The number of carbonyl (C=O) groups is 1. The first-order valence-corrected chi connectivity index (χ1v) is 10.5. The predicted octanol–water partition coefficient (Wildman–Crippen LogP) is 2.06. The van der Waals surface area contributed by atoms with Crippen LogP contribution in [-0.2, 0) is 10.0 Å². The molecule has 0 bridgehead atoms. The first-order chi connectivity index (χ1) is 12.0. The van der Waals surface area contributed by atoms with Gasteiger partial charge in [0.1, 0.15) is 0 Å². The molecule has 1 atom stereocenters. The van der Waals surface area contributed by atoms with Crippen molar-refractivity contribution >= 4 is 15.9 Å². The number of likely N-dealkylation sites (tertiary alicyclic amines) is 1. The Bertz CT molecular complexity index is 667. The van der Waals surface area contributed by atoms with Gasteiger partial charge >= 0.3 is 0 Å². The van der Waals surface area contributed by atoms with Crippen molar-refractivity contribution in [2.45, 2.75) is 50.5 Å². The molecule has 0 aliphatic carbocycles. The molecule has 0 spiro atoms. The monoisotopic (exact) mass is 367 g/mol. The summed E-state index contributed by atoms with van der Waals surface area (Å²) in [6, 6.07) is 6.37. The third kappa shape index (κ3) is 4.40. The Morgan fingerprint density at radius 2 is 1.80 bits per heavy atom. The van der Waals surface area contributed by atoms with E-state index in [9.17, 15) is 13.2 Å². The third-order valence-corrected chi connectivity index (χ3v) is 6.51. The number of hydrogen-bond donors (Lipinski definition) is 1. The maximum atomic E-state index is 12.8. The van der Waals surface area contributed by atoms with Crippen molar-refractivity contribution in [3.63, 3.8) is 0 Å². The smallest absolute Gasteiger partial charge is 0.254 e. The van der Waals surface area contributed by atoms with Gasteiger partial charge in [-0.15, -0.1) is 0 Å². The van der Waals surface area contributed by atoms with E-state index >= 15 is 0 Å². The van der Waals surface area contributed by atoms with E-state index in [1.54, 1.807) is 17.0 Å². The fourth-order valence-corrected chi connectivity index (χ4v) is 4.91. The lowest BCUT2D eigenvalue weighted by Crippen LogP contribution is -2.39. The zero-order valence-electron chi connectivity index (χ0n) is 15.1. The van der Waals surface area contributed by atoms with Gasteiger partial charge in [-0.25, -0.2) is 8.42 Å². The van der Waals surface area contributed by atoms with Crippen molar-refractivity contribution in [3.8, 4) is 0 Å². The average molecular weight is 368 g/mol. The van der Waals surface area contributed by atoms with Crippen LogP contribution >= 0.6 is 0 Å². The van der Waals surface area contributed by atoms with E-state index in [0.29, 0.717) is 31.7 Å². The zero-order valence-corrected chi connectivity index (χ0v) is 16.0. The third-order valence-electron chi connectivity index (χ3n) is 4.60. The molecule has 1 unspecified atom stereocenters. The molecule has 25 heavy (non-hydrogen) atoms. The summed E-state index contributed by atoms with van der Waals surface area (Å²) in [5.74, 6) is -0.0733. The molecule has 6 nitrogen and oxygen atoms in total. The van der Waals surface area contributed by atoms with Crippen molar-refractivity contribution < 1.29 is 13.2 Å². The number of benzene rings is 1. The van der Waals surface area contributed by atoms with E-state index in [-0.39, 0.29) is 16.8 Å². The molecular formula is C18H29N3O3S. The molecule has 0 aromatic heterocycles. The standard InChI is InChI=1S/C18H29N3O3S/c1-3-11-20(12-4-2)25(23,24)17-9-7-15(8-10-17)18(22)21-13-5-6-16(21)14-19/h7-10,16H,3-6,11-14,19H2,1-2H3. The number of amides is 1. The van der Waals surface area contributed by atoms with Gasteiger partial charge in [-0.05, 0) is 49.9 Å². The van der Waals surface area contributed by atoms with Crippen molar-refractivity contribution in [2.24, 2.45) is 5.73 Å². The number of rotatable bonds is 8. The minimum atomic E-state index is -3.51. The second-order valence-corrected chi connectivity index (χ2v) is 8.40. The van der Waals surface area contributed by atoms with Crippen LogP contribution in [-0.4, -0.2) is 55.8 Å². The Balaban J connectivity index is 2.19. The minimum absolute atomic E-state index is 0.0733. The van der Waals surface area contributed by atoms with Crippen molar-refractivity contribution in [3.05, 3.63) is 29.8 Å². The molecule has 1 fully saturated rings. The predicted molar refractivity (Wildman–Crippen MR) is 98.9 cm³/mol. The second kappa shape index (κ2) is 8.78.